The average Bonchev–Trinajstić information content (AvgIpc) is 2.69. The molecule has 0 aliphatic heterocycles. The molecule has 1 heterocycles. The van der Waals surface area contributed by atoms with Crippen LogP contribution < -0.4 is 10.6 Å². The first-order chi connectivity index (χ1) is 12.7. The molecule has 0 unspecified atom stereocenters. The number of rotatable bonds is 7. The molecule has 1 aromatic carbocycles. The molecule has 0 saturated heterocycles. The molecule has 0 radical (unpaired) electrons. The first-order valence-electron chi connectivity index (χ1n) is 8.97. The number of hydrogen-bond donors (Lipinski definition) is 2. The summed E-state index contributed by atoms with van der Waals surface area (Å²) in [6.45, 7) is 1.25. The minimum Gasteiger partial charge on any atom is -0.354 e. The Morgan fingerprint density at radius 2 is 1.88 bits per heavy atom. The van der Waals surface area contributed by atoms with Gasteiger partial charge in [-0.05, 0) is 49.8 Å². The van der Waals surface area contributed by atoms with Crippen LogP contribution in [0.2, 0.25) is 5.02 Å². The molecule has 1 amide bonds. The summed E-state index contributed by atoms with van der Waals surface area (Å²) < 4.78 is 0. The van der Waals surface area contributed by atoms with Crippen LogP contribution in [0.1, 0.15) is 48.0 Å². The second-order valence-electron chi connectivity index (χ2n) is 6.39. The molecule has 1 aliphatic carbocycles. The molecule has 1 aliphatic rings. The van der Waals surface area contributed by atoms with Crippen molar-refractivity contribution in [3.05, 3.63) is 64.5 Å². The van der Waals surface area contributed by atoms with Crippen LogP contribution in [0.25, 0.3) is 0 Å². The maximum Gasteiger partial charge on any atom is 0.254 e. The van der Waals surface area contributed by atoms with Crippen LogP contribution in [-0.2, 0) is 6.54 Å². The van der Waals surface area contributed by atoms with Crippen LogP contribution in [0.5, 0.6) is 0 Å². The zero-order chi connectivity index (χ0) is 18.2. The molecule has 26 heavy (non-hydrogen) atoms. The van der Waals surface area contributed by atoms with Gasteiger partial charge in [0.2, 0.25) is 5.95 Å². The van der Waals surface area contributed by atoms with E-state index < -0.39 is 0 Å². The van der Waals surface area contributed by atoms with Gasteiger partial charge in [-0.1, -0.05) is 35.4 Å². The van der Waals surface area contributed by atoms with E-state index in [1.165, 1.54) is 31.3 Å². The lowest BCUT2D eigenvalue weighted by atomic mass is 9.97. The molecule has 0 spiro atoms. The van der Waals surface area contributed by atoms with Crippen molar-refractivity contribution in [3.8, 4) is 0 Å². The molecule has 136 valence electrons. The summed E-state index contributed by atoms with van der Waals surface area (Å²) in [6, 6.07) is 7.37. The number of aromatic nitrogens is 2. The number of nitrogens with zero attached hydrogens (tertiary/aromatic N) is 2. The Bertz CT molecular complexity index is 756. The highest BCUT2D eigenvalue weighted by molar-refractivity contribution is 6.30. The van der Waals surface area contributed by atoms with Gasteiger partial charge in [0.25, 0.3) is 5.91 Å². The van der Waals surface area contributed by atoms with Gasteiger partial charge in [0.05, 0.1) is 5.56 Å². The fraction of sp³-hybridized carbons (Fsp3) is 0.350. The Labute approximate surface area is 158 Å². The van der Waals surface area contributed by atoms with Crippen molar-refractivity contribution < 1.29 is 4.79 Å². The summed E-state index contributed by atoms with van der Waals surface area (Å²) in [5.41, 5.74) is 2.94. The summed E-state index contributed by atoms with van der Waals surface area (Å²) in [7, 11) is 0. The Balaban J connectivity index is 1.44. The molecule has 6 heteroatoms. The highest BCUT2D eigenvalue weighted by atomic mass is 35.5. The minimum absolute atomic E-state index is 0.195. The number of nitrogens with one attached hydrogen (secondary N) is 2. The molecule has 3 rings (SSSR count). The topological polar surface area (TPSA) is 66.9 Å². The Kier molecular flexibility index (Phi) is 6.61. The van der Waals surface area contributed by atoms with Gasteiger partial charge >= 0.3 is 0 Å². The van der Waals surface area contributed by atoms with E-state index in [2.05, 4.69) is 26.7 Å². The quantitative estimate of drug-likeness (QED) is 0.710. The van der Waals surface area contributed by atoms with Crippen molar-refractivity contribution in [2.24, 2.45) is 0 Å². The fourth-order valence-corrected chi connectivity index (χ4v) is 3.02. The number of halogens is 1. The Morgan fingerprint density at radius 3 is 2.58 bits per heavy atom. The normalized spacial score (nSPS) is 13.8. The molecule has 0 atom stereocenters. The second kappa shape index (κ2) is 9.34. The molecule has 0 saturated carbocycles. The third-order valence-electron chi connectivity index (χ3n) is 4.39. The maximum atomic E-state index is 12.2. The van der Waals surface area contributed by atoms with Crippen molar-refractivity contribution in [1.82, 2.24) is 15.3 Å². The van der Waals surface area contributed by atoms with Gasteiger partial charge in [0.15, 0.2) is 0 Å². The lowest BCUT2D eigenvalue weighted by molar-refractivity contribution is 0.0950. The number of hydrogen-bond acceptors (Lipinski definition) is 4. The molecule has 2 N–H and O–H groups in total. The smallest absolute Gasteiger partial charge is 0.254 e. The first kappa shape index (κ1) is 18.4. The second-order valence-corrected chi connectivity index (χ2v) is 6.83. The Morgan fingerprint density at radius 1 is 1.12 bits per heavy atom. The average molecular weight is 371 g/mol. The number of anilines is 1. The van der Waals surface area contributed by atoms with E-state index in [-0.39, 0.29) is 5.91 Å². The third kappa shape index (κ3) is 5.56. The number of allylic oxidation sites excluding steroid dienone is 1. The van der Waals surface area contributed by atoms with Gasteiger partial charge in [-0.15, -0.1) is 0 Å². The van der Waals surface area contributed by atoms with E-state index in [9.17, 15) is 4.79 Å². The van der Waals surface area contributed by atoms with Gasteiger partial charge in [-0.25, -0.2) is 9.97 Å². The van der Waals surface area contributed by atoms with Crippen LogP contribution in [-0.4, -0.2) is 22.4 Å². The Hall–Kier alpha value is -2.40. The molecule has 0 bridgehead atoms. The lowest BCUT2D eigenvalue weighted by Crippen LogP contribution is -2.23. The standard InChI is InChI=1S/C20H23ClN4O/c21-18-8-6-16(7-9-18)12-23-19(26)17-13-24-20(25-14-17)22-11-10-15-4-2-1-3-5-15/h4,6-9,13-14H,1-3,5,10-12H2,(H,23,26)(H,22,24,25). The SMILES string of the molecule is O=C(NCc1ccc(Cl)cc1)c1cnc(NCCC2=CCCCC2)nc1. The zero-order valence-electron chi connectivity index (χ0n) is 14.7. The van der Waals surface area contributed by atoms with Crippen LogP contribution in [0, 0.1) is 0 Å². The lowest BCUT2D eigenvalue weighted by Gasteiger charge is -2.12. The van der Waals surface area contributed by atoms with E-state index in [1.807, 2.05) is 12.1 Å². The van der Waals surface area contributed by atoms with E-state index in [1.54, 1.807) is 24.5 Å². The van der Waals surface area contributed by atoms with Crippen LogP contribution in [0.15, 0.2) is 48.3 Å². The maximum absolute atomic E-state index is 12.2. The number of amides is 1. The molecule has 5 nitrogen and oxygen atoms in total. The van der Waals surface area contributed by atoms with E-state index in [0.717, 1.165) is 18.5 Å². The van der Waals surface area contributed by atoms with Crippen molar-refractivity contribution in [3.63, 3.8) is 0 Å². The van der Waals surface area contributed by atoms with Gasteiger partial charge in [0.1, 0.15) is 0 Å². The van der Waals surface area contributed by atoms with E-state index >= 15 is 0 Å². The molecule has 2 aromatic rings. The predicted octanol–water partition coefficient (Wildman–Crippen LogP) is 4.36. The molecule has 0 fully saturated rings. The highest BCUT2D eigenvalue weighted by Gasteiger charge is 2.08. The van der Waals surface area contributed by atoms with Gasteiger partial charge in [-0.2, -0.15) is 0 Å². The number of carbonyl (C=O) groups excluding carboxylic acids is 1. The third-order valence-corrected chi connectivity index (χ3v) is 4.65. The summed E-state index contributed by atoms with van der Waals surface area (Å²) in [6.07, 6.45) is 11.5. The van der Waals surface area contributed by atoms with Gasteiger partial charge < -0.3 is 10.6 Å². The molecular formula is C20H23ClN4O. The van der Waals surface area contributed by atoms with Crippen LogP contribution in [0.4, 0.5) is 5.95 Å². The fourth-order valence-electron chi connectivity index (χ4n) is 2.89. The number of carbonyl (C=O) groups is 1. The van der Waals surface area contributed by atoms with Gasteiger partial charge in [0, 0.05) is 30.5 Å². The first-order valence-corrected chi connectivity index (χ1v) is 9.35. The van der Waals surface area contributed by atoms with Crippen LogP contribution in [0.3, 0.4) is 0 Å². The van der Waals surface area contributed by atoms with E-state index in [4.69, 9.17) is 11.6 Å². The molecular weight excluding hydrogens is 348 g/mol. The monoisotopic (exact) mass is 370 g/mol. The van der Waals surface area contributed by atoms with Crippen molar-refractivity contribution >= 4 is 23.5 Å². The number of benzene rings is 1. The van der Waals surface area contributed by atoms with Crippen molar-refractivity contribution in [2.45, 2.75) is 38.6 Å². The van der Waals surface area contributed by atoms with Crippen molar-refractivity contribution in [1.29, 1.82) is 0 Å². The summed E-state index contributed by atoms with van der Waals surface area (Å²) in [5.74, 6) is 0.356. The zero-order valence-corrected chi connectivity index (χ0v) is 15.4. The largest absolute Gasteiger partial charge is 0.354 e. The minimum atomic E-state index is -0.195. The van der Waals surface area contributed by atoms with E-state index in [0.29, 0.717) is 23.1 Å². The summed E-state index contributed by atoms with van der Waals surface area (Å²) >= 11 is 5.85. The van der Waals surface area contributed by atoms with Gasteiger partial charge in [-0.3, -0.25) is 4.79 Å². The van der Waals surface area contributed by atoms with Crippen LogP contribution >= 0.6 is 11.6 Å². The molecule has 1 aromatic heterocycles. The predicted molar refractivity (Wildman–Crippen MR) is 104 cm³/mol. The summed E-state index contributed by atoms with van der Waals surface area (Å²) in [4.78, 5) is 20.6. The van der Waals surface area contributed by atoms with Crippen molar-refractivity contribution in [2.75, 3.05) is 11.9 Å². The highest BCUT2D eigenvalue weighted by Crippen LogP contribution is 2.19. The summed E-state index contributed by atoms with van der Waals surface area (Å²) in [5, 5.41) is 6.74.